The van der Waals surface area contributed by atoms with Gasteiger partial charge in [-0.2, -0.15) is 13.2 Å². The molecule has 0 aromatic heterocycles. The van der Waals surface area contributed by atoms with Crippen molar-refractivity contribution in [2.24, 2.45) is 0 Å². The molecule has 2 heterocycles. The van der Waals surface area contributed by atoms with E-state index < -0.39 is 35.2 Å². The van der Waals surface area contributed by atoms with Crippen molar-refractivity contribution in [3.8, 4) is 0 Å². The average molecular weight is 475 g/mol. The van der Waals surface area contributed by atoms with E-state index >= 15 is 0 Å². The predicted octanol–water partition coefficient (Wildman–Crippen LogP) is 3.05. The maximum absolute atomic E-state index is 13.0. The van der Waals surface area contributed by atoms with Gasteiger partial charge in [-0.25, -0.2) is 0 Å². The second-order valence-electron chi connectivity index (χ2n) is 8.59. The fourth-order valence-electron chi connectivity index (χ4n) is 4.34. The minimum atomic E-state index is -4.51. The van der Waals surface area contributed by atoms with Crippen LogP contribution in [-0.4, -0.2) is 46.9 Å². The molecule has 2 aliphatic heterocycles. The monoisotopic (exact) mass is 475 g/mol. The lowest BCUT2D eigenvalue weighted by molar-refractivity contribution is -0.137. The molecule has 0 radical (unpaired) electrons. The Hall–Kier alpha value is -3.40. The summed E-state index contributed by atoms with van der Waals surface area (Å²) < 4.78 is 39.1. The number of hydrogen-bond acceptors (Lipinski definition) is 4. The number of carbonyl (C=O) groups is 3. The van der Waals surface area contributed by atoms with Gasteiger partial charge in [-0.15, -0.1) is 0 Å². The zero-order valence-electron chi connectivity index (χ0n) is 18.2. The number of amides is 3. The van der Waals surface area contributed by atoms with Gasteiger partial charge >= 0.3 is 6.18 Å². The Kier molecular flexibility index (Phi) is 6.35. The molecule has 0 bridgehead atoms. The van der Waals surface area contributed by atoms with Crippen molar-refractivity contribution in [1.29, 1.82) is 0 Å². The largest absolute Gasteiger partial charge is 0.416 e. The third-order valence-corrected chi connectivity index (χ3v) is 6.37. The van der Waals surface area contributed by atoms with E-state index in [0.29, 0.717) is 11.3 Å². The van der Waals surface area contributed by atoms with E-state index in [1.54, 1.807) is 24.3 Å². The number of piperidine rings is 1. The lowest BCUT2D eigenvalue weighted by atomic mass is 9.83. The Morgan fingerprint density at radius 3 is 2.50 bits per heavy atom. The van der Waals surface area contributed by atoms with Gasteiger partial charge in [-0.05, 0) is 49.1 Å². The van der Waals surface area contributed by atoms with Crippen molar-refractivity contribution < 1.29 is 32.7 Å². The summed E-state index contributed by atoms with van der Waals surface area (Å²) in [7, 11) is 0. The highest BCUT2D eigenvalue weighted by atomic mass is 19.4. The number of anilines is 1. The maximum Gasteiger partial charge on any atom is 0.416 e. The van der Waals surface area contributed by atoms with Gasteiger partial charge in [0.2, 0.25) is 11.8 Å². The second kappa shape index (κ2) is 9.09. The standard InChI is InChI=1S/C24H24F3N3O4/c25-24(26,27)16-5-3-4-15(14-16)23(34)10-12-30(13-11-23)20(31)9-8-19-22(33)28-18-7-2-1-6-17(18)21(32)29-19/h1-7,14,19,34H,8-13H2,(H,28,33)(H,29,32). The number of nitrogens with zero attached hydrogens (tertiary/aromatic N) is 1. The molecule has 2 aromatic rings. The van der Waals surface area contributed by atoms with Crippen LogP contribution in [0.1, 0.15) is 47.2 Å². The molecule has 0 aliphatic carbocycles. The van der Waals surface area contributed by atoms with Crippen molar-refractivity contribution in [3.05, 3.63) is 65.2 Å². The first-order valence-corrected chi connectivity index (χ1v) is 11.0. The normalized spacial score (nSPS) is 20.1. The van der Waals surface area contributed by atoms with Crippen LogP contribution in [0.2, 0.25) is 0 Å². The van der Waals surface area contributed by atoms with E-state index in [1.165, 1.54) is 17.0 Å². The Bertz CT molecular complexity index is 1110. The molecule has 2 aromatic carbocycles. The third-order valence-electron chi connectivity index (χ3n) is 6.37. The van der Waals surface area contributed by atoms with Crippen LogP contribution in [-0.2, 0) is 21.4 Å². The number of alkyl halides is 3. The Morgan fingerprint density at radius 1 is 1.09 bits per heavy atom. The number of benzene rings is 2. The summed E-state index contributed by atoms with van der Waals surface area (Å²) >= 11 is 0. The van der Waals surface area contributed by atoms with Crippen LogP contribution in [0.4, 0.5) is 18.9 Å². The van der Waals surface area contributed by atoms with Crippen LogP contribution in [0.25, 0.3) is 0 Å². The molecule has 0 saturated carbocycles. The molecule has 180 valence electrons. The third kappa shape index (κ3) is 4.91. The van der Waals surface area contributed by atoms with Crippen molar-refractivity contribution in [1.82, 2.24) is 10.2 Å². The van der Waals surface area contributed by atoms with Crippen molar-refractivity contribution in [2.45, 2.75) is 43.5 Å². The molecule has 7 nitrogen and oxygen atoms in total. The highest BCUT2D eigenvalue weighted by Crippen LogP contribution is 2.37. The van der Waals surface area contributed by atoms with E-state index in [9.17, 15) is 32.7 Å². The highest BCUT2D eigenvalue weighted by Gasteiger charge is 2.38. The molecule has 4 rings (SSSR count). The van der Waals surface area contributed by atoms with Gasteiger partial charge in [0, 0.05) is 19.5 Å². The maximum atomic E-state index is 13.0. The molecule has 3 N–H and O–H groups in total. The predicted molar refractivity (Wildman–Crippen MR) is 117 cm³/mol. The van der Waals surface area contributed by atoms with Crippen molar-refractivity contribution >= 4 is 23.4 Å². The average Bonchev–Trinajstić information content (AvgIpc) is 2.93. The van der Waals surface area contributed by atoms with Gasteiger partial charge < -0.3 is 20.6 Å². The summed E-state index contributed by atoms with van der Waals surface area (Å²) in [4.78, 5) is 39.1. The first-order valence-electron chi connectivity index (χ1n) is 11.0. The molecule has 34 heavy (non-hydrogen) atoms. The zero-order chi connectivity index (χ0) is 24.5. The van der Waals surface area contributed by atoms with Crippen LogP contribution in [0.3, 0.4) is 0 Å². The molecule has 1 fully saturated rings. The molecule has 1 unspecified atom stereocenters. The number of aliphatic hydroxyl groups is 1. The quantitative estimate of drug-likeness (QED) is 0.633. The Labute approximate surface area is 193 Å². The van der Waals surface area contributed by atoms with Gasteiger partial charge in [0.05, 0.1) is 22.4 Å². The minimum absolute atomic E-state index is 0.00327. The fraction of sp³-hybridized carbons (Fsp3) is 0.375. The topological polar surface area (TPSA) is 98.7 Å². The number of fused-ring (bicyclic) bond motifs is 1. The minimum Gasteiger partial charge on any atom is -0.385 e. The van der Waals surface area contributed by atoms with Gasteiger partial charge in [-0.1, -0.05) is 24.3 Å². The SMILES string of the molecule is O=C1NC(CCC(=O)N2CCC(O)(c3cccc(C(F)(F)F)c3)CC2)C(=O)Nc2ccccc21. The summed E-state index contributed by atoms with van der Waals surface area (Å²) in [6, 6.07) is 10.3. The molecule has 0 spiro atoms. The summed E-state index contributed by atoms with van der Waals surface area (Å²) in [5, 5.41) is 16.3. The Balaban J connectivity index is 1.34. The van der Waals surface area contributed by atoms with Crippen molar-refractivity contribution in [2.75, 3.05) is 18.4 Å². The molecular formula is C24H24F3N3O4. The van der Waals surface area contributed by atoms with Gasteiger partial charge in [0.25, 0.3) is 5.91 Å². The summed E-state index contributed by atoms with van der Waals surface area (Å²) in [6.07, 6.45) is -4.23. The molecule has 1 saturated heterocycles. The van der Waals surface area contributed by atoms with E-state index in [2.05, 4.69) is 10.6 Å². The van der Waals surface area contributed by atoms with Crippen molar-refractivity contribution in [3.63, 3.8) is 0 Å². The highest BCUT2D eigenvalue weighted by molar-refractivity contribution is 6.09. The molecule has 3 amide bonds. The summed E-state index contributed by atoms with van der Waals surface area (Å²) in [6.45, 7) is 0.334. The molecule has 10 heteroatoms. The smallest absolute Gasteiger partial charge is 0.385 e. The lowest BCUT2D eigenvalue weighted by Crippen LogP contribution is -2.46. The van der Waals surface area contributed by atoms with E-state index in [4.69, 9.17) is 0 Å². The fourth-order valence-corrected chi connectivity index (χ4v) is 4.34. The number of nitrogens with one attached hydrogen (secondary N) is 2. The first-order chi connectivity index (χ1) is 16.1. The van der Waals surface area contributed by atoms with E-state index in [1.807, 2.05) is 0 Å². The van der Waals surface area contributed by atoms with Gasteiger partial charge in [-0.3, -0.25) is 14.4 Å². The number of halogens is 3. The van der Waals surface area contributed by atoms with Crippen LogP contribution in [0.5, 0.6) is 0 Å². The van der Waals surface area contributed by atoms with Gasteiger partial charge in [0.15, 0.2) is 0 Å². The van der Waals surface area contributed by atoms with E-state index in [-0.39, 0.29) is 50.2 Å². The van der Waals surface area contributed by atoms with Gasteiger partial charge in [0.1, 0.15) is 6.04 Å². The number of hydrogen-bond donors (Lipinski definition) is 3. The number of likely N-dealkylation sites (tertiary alicyclic amines) is 1. The number of rotatable bonds is 4. The Morgan fingerprint density at radius 2 is 1.79 bits per heavy atom. The summed E-state index contributed by atoms with van der Waals surface area (Å²) in [5.41, 5.74) is -1.37. The number of carbonyl (C=O) groups excluding carboxylic acids is 3. The molecule has 2 aliphatic rings. The molecule has 1 atom stereocenters. The first kappa shape index (κ1) is 23.7. The van der Waals surface area contributed by atoms with Crippen LogP contribution in [0.15, 0.2) is 48.5 Å². The van der Waals surface area contributed by atoms with Crippen LogP contribution >= 0.6 is 0 Å². The van der Waals surface area contributed by atoms with Crippen LogP contribution < -0.4 is 10.6 Å². The zero-order valence-corrected chi connectivity index (χ0v) is 18.2. The lowest BCUT2D eigenvalue weighted by Gasteiger charge is -2.39. The molecular weight excluding hydrogens is 451 g/mol. The van der Waals surface area contributed by atoms with Crippen LogP contribution in [0, 0.1) is 0 Å². The summed E-state index contributed by atoms with van der Waals surface area (Å²) in [5.74, 6) is -1.07. The number of para-hydroxylation sites is 1. The second-order valence-corrected chi connectivity index (χ2v) is 8.59. The van der Waals surface area contributed by atoms with E-state index in [0.717, 1.165) is 12.1 Å².